The second-order valence-electron chi connectivity index (χ2n) is 3.78. The number of hydrogen-bond donors (Lipinski definition) is 1. The van der Waals surface area contributed by atoms with Gasteiger partial charge in [0.1, 0.15) is 5.69 Å². The van der Waals surface area contributed by atoms with Crippen LogP contribution in [0.4, 0.5) is 0 Å². The summed E-state index contributed by atoms with van der Waals surface area (Å²) in [5.41, 5.74) is 0.489. The molecule has 0 amide bonds. The lowest BCUT2D eigenvalue weighted by Crippen LogP contribution is -1.96. The van der Waals surface area contributed by atoms with E-state index in [-0.39, 0.29) is 5.75 Å². The van der Waals surface area contributed by atoms with Crippen LogP contribution in [0.2, 0.25) is 15.1 Å². The quantitative estimate of drug-likeness (QED) is 0.725. The molecule has 1 aromatic carbocycles. The Balaban J connectivity index is 0.000000225. The summed E-state index contributed by atoms with van der Waals surface area (Å²) in [6.07, 6.45) is 5.97. The predicted molar refractivity (Wildman–Crippen MR) is 82.3 cm³/mol. The molecule has 3 aromatic rings. The Morgan fingerprint density at radius 2 is 1.52 bits per heavy atom. The van der Waals surface area contributed by atoms with E-state index in [1.807, 2.05) is 12.1 Å². The van der Waals surface area contributed by atoms with E-state index in [1.165, 1.54) is 17.1 Å². The summed E-state index contributed by atoms with van der Waals surface area (Å²) in [4.78, 5) is 0. The first-order chi connectivity index (χ1) is 10.1. The molecule has 0 saturated heterocycles. The Kier molecular flexibility index (Phi) is 5.38. The monoisotopic (exact) mass is 342 g/mol. The van der Waals surface area contributed by atoms with E-state index in [1.54, 1.807) is 24.5 Å². The van der Waals surface area contributed by atoms with Gasteiger partial charge in [-0.1, -0.05) is 34.8 Å². The number of benzene rings is 1. The second-order valence-corrected chi connectivity index (χ2v) is 5.03. The van der Waals surface area contributed by atoms with Gasteiger partial charge in [-0.2, -0.15) is 15.3 Å². The number of rotatable bonds is 1. The highest BCUT2D eigenvalue weighted by Crippen LogP contribution is 2.32. The lowest BCUT2D eigenvalue weighted by atomic mass is 10.3. The molecular formula is C13H9Cl3N4O. The average molecular weight is 344 g/mol. The molecule has 5 nitrogen and oxygen atoms in total. The molecule has 108 valence electrons. The maximum atomic E-state index is 9.16. The van der Waals surface area contributed by atoms with Gasteiger partial charge in [-0.25, -0.2) is 4.68 Å². The molecule has 0 aliphatic rings. The molecule has 0 saturated carbocycles. The number of nitrogens with zero attached hydrogens (tertiary/aromatic N) is 4. The van der Waals surface area contributed by atoms with Crippen molar-refractivity contribution in [2.75, 3.05) is 0 Å². The van der Waals surface area contributed by atoms with Crippen molar-refractivity contribution in [1.29, 1.82) is 0 Å². The molecule has 2 aromatic heterocycles. The molecular weight excluding hydrogens is 335 g/mol. The van der Waals surface area contributed by atoms with Crippen molar-refractivity contribution >= 4 is 34.8 Å². The highest BCUT2D eigenvalue weighted by atomic mass is 35.5. The molecule has 21 heavy (non-hydrogen) atoms. The van der Waals surface area contributed by atoms with E-state index < -0.39 is 0 Å². The minimum absolute atomic E-state index is 0.0390. The predicted octanol–water partition coefficient (Wildman–Crippen LogP) is 4.01. The summed E-state index contributed by atoms with van der Waals surface area (Å²) in [5, 5.41) is 21.3. The lowest BCUT2D eigenvalue weighted by Gasteiger charge is -2.06. The third kappa shape index (κ3) is 4.32. The van der Waals surface area contributed by atoms with Crippen LogP contribution in [-0.2, 0) is 0 Å². The molecule has 0 bridgehead atoms. The van der Waals surface area contributed by atoms with Crippen molar-refractivity contribution in [1.82, 2.24) is 20.0 Å². The number of aromatic hydroxyl groups is 1. The first-order valence-corrected chi connectivity index (χ1v) is 6.81. The third-order valence-corrected chi connectivity index (χ3v) is 3.06. The van der Waals surface area contributed by atoms with Gasteiger partial charge in [-0.3, -0.25) is 0 Å². The van der Waals surface area contributed by atoms with Gasteiger partial charge in [0, 0.05) is 17.4 Å². The fourth-order valence-electron chi connectivity index (χ4n) is 1.44. The van der Waals surface area contributed by atoms with Gasteiger partial charge in [-0.05, 0) is 24.3 Å². The molecule has 0 radical (unpaired) electrons. The largest absolute Gasteiger partial charge is 0.505 e. The van der Waals surface area contributed by atoms with Crippen molar-refractivity contribution < 1.29 is 5.11 Å². The Labute approximate surface area is 135 Å². The van der Waals surface area contributed by atoms with Crippen LogP contribution in [0.1, 0.15) is 0 Å². The molecule has 0 spiro atoms. The van der Waals surface area contributed by atoms with Gasteiger partial charge in [0.2, 0.25) is 0 Å². The molecule has 8 heteroatoms. The molecule has 0 unspecified atom stereocenters. The molecule has 0 aliphatic carbocycles. The Morgan fingerprint density at radius 3 is 1.90 bits per heavy atom. The maximum absolute atomic E-state index is 9.16. The summed E-state index contributed by atoms with van der Waals surface area (Å²) in [6, 6.07) is 6.77. The Hall–Kier alpha value is -1.82. The van der Waals surface area contributed by atoms with Crippen LogP contribution in [0.25, 0.3) is 5.69 Å². The van der Waals surface area contributed by atoms with Crippen LogP contribution in [0, 0.1) is 0 Å². The topological polar surface area (TPSA) is 63.8 Å². The van der Waals surface area contributed by atoms with Crippen molar-refractivity contribution in [3.8, 4) is 11.4 Å². The van der Waals surface area contributed by atoms with Gasteiger partial charge in [-0.15, -0.1) is 0 Å². The van der Waals surface area contributed by atoms with Crippen LogP contribution in [0.5, 0.6) is 5.75 Å². The van der Waals surface area contributed by atoms with Crippen LogP contribution >= 0.6 is 34.8 Å². The smallest absolute Gasteiger partial charge is 0.153 e. The fraction of sp³-hybridized carbons (Fsp3) is 0. The average Bonchev–Trinajstić information content (AvgIpc) is 2.86. The first-order valence-electron chi connectivity index (χ1n) is 5.68. The Morgan fingerprint density at radius 1 is 0.952 bits per heavy atom. The van der Waals surface area contributed by atoms with Crippen LogP contribution in [0.15, 0.2) is 49.1 Å². The summed E-state index contributed by atoms with van der Waals surface area (Å²) < 4.78 is 1.39. The minimum atomic E-state index is 0.0390. The van der Waals surface area contributed by atoms with Crippen LogP contribution in [-0.4, -0.2) is 25.1 Å². The molecule has 0 atom stereocenters. The lowest BCUT2D eigenvalue weighted by molar-refractivity contribution is 0.475. The molecule has 3 rings (SSSR count). The Bertz CT molecular complexity index is 669. The van der Waals surface area contributed by atoms with Crippen molar-refractivity contribution in [2.24, 2.45) is 0 Å². The third-order valence-electron chi connectivity index (χ3n) is 2.26. The minimum Gasteiger partial charge on any atom is -0.505 e. The normalized spacial score (nSPS) is 9.86. The van der Waals surface area contributed by atoms with E-state index in [0.717, 1.165) is 0 Å². The van der Waals surface area contributed by atoms with Gasteiger partial charge >= 0.3 is 0 Å². The SMILES string of the molecule is Oc1cnn(-c2c(Cl)cc(Cl)cc2Cl)c1.c1ccnnc1. The van der Waals surface area contributed by atoms with Gasteiger partial charge in [0.15, 0.2) is 5.75 Å². The number of hydrogen-bond acceptors (Lipinski definition) is 4. The first kappa shape index (κ1) is 15.6. The summed E-state index contributed by atoms with van der Waals surface area (Å²) in [6.45, 7) is 0. The number of aromatic nitrogens is 4. The molecule has 2 heterocycles. The van der Waals surface area contributed by atoms with E-state index in [2.05, 4.69) is 15.3 Å². The van der Waals surface area contributed by atoms with Crippen molar-refractivity contribution in [3.05, 3.63) is 64.1 Å². The van der Waals surface area contributed by atoms with E-state index in [4.69, 9.17) is 39.9 Å². The molecule has 0 aliphatic heterocycles. The van der Waals surface area contributed by atoms with E-state index in [9.17, 15) is 0 Å². The molecule has 0 fully saturated rings. The summed E-state index contributed by atoms with van der Waals surface area (Å²) in [5.74, 6) is 0.0390. The number of halogens is 3. The van der Waals surface area contributed by atoms with E-state index in [0.29, 0.717) is 20.8 Å². The summed E-state index contributed by atoms with van der Waals surface area (Å²) in [7, 11) is 0. The van der Waals surface area contributed by atoms with Gasteiger partial charge in [0.05, 0.1) is 22.4 Å². The van der Waals surface area contributed by atoms with Crippen molar-refractivity contribution in [3.63, 3.8) is 0 Å². The highest BCUT2D eigenvalue weighted by molar-refractivity contribution is 6.40. The zero-order valence-electron chi connectivity index (χ0n) is 10.5. The van der Waals surface area contributed by atoms with Crippen LogP contribution in [0.3, 0.4) is 0 Å². The van der Waals surface area contributed by atoms with Crippen molar-refractivity contribution in [2.45, 2.75) is 0 Å². The molecule has 1 N–H and O–H groups in total. The summed E-state index contributed by atoms with van der Waals surface area (Å²) >= 11 is 17.7. The fourth-order valence-corrected chi connectivity index (χ4v) is 2.43. The standard InChI is InChI=1S/C9H5Cl3N2O.C4H4N2/c10-5-1-7(11)9(8(12)2-5)14-4-6(15)3-13-14;1-2-4-6-5-3-1/h1-4,15H;1-4H. The van der Waals surface area contributed by atoms with Gasteiger partial charge in [0.25, 0.3) is 0 Å². The van der Waals surface area contributed by atoms with Crippen LogP contribution < -0.4 is 0 Å². The maximum Gasteiger partial charge on any atom is 0.153 e. The zero-order valence-corrected chi connectivity index (χ0v) is 12.8. The van der Waals surface area contributed by atoms with Gasteiger partial charge < -0.3 is 5.11 Å². The highest BCUT2D eigenvalue weighted by Gasteiger charge is 2.10. The van der Waals surface area contributed by atoms with E-state index >= 15 is 0 Å². The second kappa shape index (κ2) is 7.26. The zero-order chi connectivity index (χ0) is 15.2.